The van der Waals surface area contributed by atoms with Crippen LogP contribution in [-0.2, 0) is 0 Å². The van der Waals surface area contributed by atoms with Crippen LogP contribution in [0.4, 0.5) is 0 Å². The van der Waals surface area contributed by atoms with Crippen LogP contribution in [0.15, 0.2) is 52.9 Å². The minimum atomic E-state index is -4.94. The van der Waals surface area contributed by atoms with Gasteiger partial charge < -0.3 is 9.47 Å². The summed E-state index contributed by atoms with van der Waals surface area (Å²) < 4.78 is 50.6. The molecule has 0 saturated carbocycles. The van der Waals surface area contributed by atoms with E-state index < -0.39 is 10.2 Å². The standard InChI is InChI=1S/C18H17O3.ClHO4/c1-12-15-11-18(20-3)17(19-2)10-14(15)9-16(21-12)13-7-5-4-6-8-13;2-1(3,4)5/h4-11H,1-3H3;(H,2,3,4,5)/q+1;/p-1. The smallest absolute Gasteiger partial charge is 0.360 e. The van der Waals surface area contributed by atoms with Crippen LogP contribution in [0.2, 0.25) is 0 Å². The molecule has 0 radical (unpaired) electrons. The van der Waals surface area contributed by atoms with Gasteiger partial charge in [0.2, 0.25) is 0 Å². The van der Waals surface area contributed by atoms with E-state index >= 15 is 0 Å². The third-order valence-corrected chi connectivity index (χ3v) is 3.54. The number of hydrogen-bond donors (Lipinski definition) is 0. The number of ether oxygens (including phenoxy) is 2. The zero-order chi connectivity index (χ0) is 19.3. The number of rotatable bonds is 3. The van der Waals surface area contributed by atoms with Crippen molar-refractivity contribution in [2.75, 3.05) is 14.2 Å². The Hall–Kier alpha value is -2.42. The molecule has 0 aliphatic carbocycles. The summed E-state index contributed by atoms with van der Waals surface area (Å²) in [5.74, 6) is 3.12. The molecule has 26 heavy (non-hydrogen) atoms. The number of benzene rings is 2. The van der Waals surface area contributed by atoms with Crippen molar-refractivity contribution in [3.05, 3.63) is 54.3 Å². The highest BCUT2D eigenvalue weighted by Crippen LogP contribution is 2.35. The van der Waals surface area contributed by atoms with Crippen molar-refractivity contribution in [2.45, 2.75) is 6.92 Å². The lowest BCUT2D eigenvalue weighted by Gasteiger charge is -2.17. The van der Waals surface area contributed by atoms with E-state index in [1.807, 2.05) is 55.5 Å². The summed E-state index contributed by atoms with van der Waals surface area (Å²) >= 11 is 0. The Kier molecular flexibility index (Phi) is 6.36. The van der Waals surface area contributed by atoms with Crippen molar-refractivity contribution in [1.29, 1.82) is 0 Å². The number of aryl methyl sites for hydroxylation is 1. The third-order valence-electron chi connectivity index (χ3n) is 3.54. The summed E-state index contributed by atoms with van der Waals surface area (Å²) in [5, 5.41) is 2.09. The molecule has 0 spiro atoms. The Morgan fingerprint density at radius 1 is 0.846 bits per heavy atom. The van der Waals surface area contributed by atoms with Crippen LogP contribution >= 0.6 is 0 Å². The summed E-state index contributed by atoms with van der Waals surface area (Å²) in [6, 6.07) is 16.0. The number of halogens is 1. The lowest BCUT2D eigenvalue weighted by atomic mass is 10.1. The van der Waals surface area contributed by atoms with Gasteiger partial charge in [-0.25, -0.2) is 23.1 Å². The largest absolute Gasteiger partial charge is 0.493 e. The maximum Gasteiger partial charge on any atom is 0.360 e. The summed E-state index contributed by atoms with van der Waals surface area (Å²) in [6.45, 7) is 1.96. The number of methoxy groups -OCH3 is 2. The van der Waals surface area contributed by atoms with Gasteiger partial charge >= 0.3 is 11.5 Å². The highest BCUT2D eigenvalue weighted by Gasteiger charge is 2.19. The van der Waals surface area contributed by atoms with E-state index in [0.717, 1.165) is 33.6 Å². The van der Waals surface area contributed by atoms with Gasteiger partial charge in [-0.05, 0) is 18.2 Å². The molecule has 7 nitrogen and oxygen atoms in total. The summed E-state index contributed by atoms with van der Waals surface area (Å²) in [4.78, 5) is 0. The normalized spacial score (nSPS) is 10.9. The first-order valence-corrected chi connectivity index (χ1v) is 8.63. The van der Waals surface area contributed by atoms with Gasteiger partial charge in [0.15, 0.2) is 11.5 Å². The first-order chi connectivity index (χ1) is 12.2. The molecule has 0 bridgehead atoms. The molecule has 138 valence electrons. The number of fused-ring (bicyclic) bond motifs is 1. The van der Waals surface area contributed by atoms with E-state index in [2.05, 4.69) is 0 Å². The van der Waals surface area contributed by atoms with E-state index in [0.29, 0.717) is 5.75 Å². The topological polar surface area (TPSA) is 122 Å². The van der Waals surface area contributed by atoms with E-state index in [1.54, 1.807) is 14.2 Å². The quantitative estimate of drug-likeness (QED) is 0.584. The lowest BCUT2D eigenvalue weighted by Crippen LogP contribution is -2.68. The molecule has 0 amide bonds. The van der Waals surface area contributed by atoms with Crippen LogP contribution < -0.4 is 28.1 Å². The van der Waals surface area contributed by atoms with E-state index in [-0.39, 0.29) is 0 Å². The van der Waals surface area contributed by atoms with Gasteiger partial charge in [0.25, 0.3) is 0 Å². The van der Waals surface area contributed by atoms with Crippen molar-refractivity contribution in [1.82, 2.24) is 0 Å². The monoisotopic (exact) mass is 380 g/mol. The van der Waals surface area contributed by atoms with Crippen LogP contribution in [0.5, 0.6) is 11.5 Å². The highest BCUT2D eigenvalue weighted by molar-refractivity contribution is 5.89. The molecule has 0 saturated heterocycles. The molecule has 2 aromatic carbocycles. The minimum absolute atomic E-state index is 0.704. The van der Waals surface area contributed by atoms with E-state index in [4.69, 9.17) is 32.5 Å². The van der Waals surface area contributed by atoms with Crippen molar-refractivity contribution in [2.24, 2.45) is 0 Å². The van der Waals surface area contributed by atoms with Gasteiger partial charge in [0, 0.05) is 11.5 Å². The van der Waals surface area contributed by atoms with Gasteiger partial charge in [-0.1, -0.05) is 18.2 Å². The first-order valence-electron chi connectivity index (χ1n) is 7.39. The molecule has 0 aliphatic rings. The molecular weight excluding hydrogens is 364 g/mol. The predicted molar refractivity (Wildman–Crippen MR) is 83.9 cm³/mol. The van der Waals surface area contributed by atoms with Gasteiger partial charge in [0.05, 0.1) is 38.2 Å². The van der Waals surface area contributed by atoms with Crippen LogP contribution in [0, 0.1) is 17.2 Å². The van der Waals surface area contributed by atoms with Crippen molar-refractivity contribution >= 4 is 10.8 Å². The summed E-state index contributed by atoms with van der Waals surface area (Å²) in [7, 11) is -1.67. The fourth-order valence-electron chi connectivity index (χ4n) is 2.45. The fraction of sp³-hybridized carbons (Fsp3) is 0.167. The highest BCUT2D eigenvalue weighted by atomic mass is 35.7. The van der Waals surface area contributed by atoms with Crippen molar-refractivity contribution in [3.8, 4) is 22.8 Å². The van der Waals surface area contributed by atoms with Crippen LogP contribution in [0.1, 0.15) is 5.76 Å². The van der Waals surface area contributed by atoms with Crippen molar-refractivity contribution < 1.29 is 42.8 Å². The predicted octanol–water partition coefficient (Wildman–Crippen LogP) is -0.0495. The molecule has 8 heteroatoms. The second-order valence-corrected chi connectivity index (χ2v) is 5.96. The van der Waals surface area contributed by atoms with Gasteiger partial charge in [0.1, 0.15) is 0 Å². The first kappa shape index (κ1) is 19.9. The van der Waals surface area contributed by atoms with E-state index in [9.17, 15) is 0 Å². The minimum Gasteiger partial charge on any atom is -0.493 e. The molecule has 0 fully saturated rings. The lowest BCUT2D eigenvalue weighted by molar-refractivity contribution is -2.00. The second kappa shape index (κ2) is 8.31. The molecular formula is C18H17ClO7. The third kappa shape index (κ3) is 5.29. The molecule has 3 aromatic rings. The van der Waals surface area contributed by atoms with Gasteiger partial charge in [-0.2, -0.15) is 0 Å². The molecule has 1 aromatic heterocycles. The Labute approximate surface area is 152 Å². The number of hydrogen-bond acceptors (Lipinski definition) is 6. The maximum atomic E-state index is 8.49. The fourth-order valence-corrected chi connectivity index (χ4v) is 2.45. The zero-order valence-electron chi connectivity index (χ0n) is 14.4. The summed E-state index contributed by atoms with van der Waals surface area (Å²) in [5.41, 5.74) is 1.05. The SMILES string of the molecule is COc1cc2cc(-c3ccccc3)[o+]c(C)c2cc1OC.[O-][Cl+3]([O-])([O-])[O-]. The van der Waals surface area contributed by atoms with Crippen LogP contribution in [-0.4, -0.2) is 14.2 Å². The molecule has 0 atom stereocenters. The molecule has 0 N–H and O–H groups in total. The Bertz CT molecular complexity index is 870. The summed E-state index contributed by atoms with van der Waals surface area (Å²) in [6.07, 6.45) is 0. The average molecular weight is 381 g/mol. The van der Waals surface area contributed by atoms with E-state index in [1.165, 1.54) is 0 Å². The molecule has 1 heterocycles. The molecule has 0 aliphatic heterocycles. The Balaban J connectivity index is 0.000000431. The average Bonchev–Trinajstić information content (AvgIpc) is 2.60. The van der Waals surface area contributed by atoms with Crippen LogP contribution in [0.25, 0.3) is 22.1 Å². The van der Waals surface area contributed by atoms with Crippen molar-refractivity contribution in [3.63, 3.8) is 0 Å². The van der Waals surface area contributed by atoms with Gasteiger partial charge in [-0.15, -0.1) is 10.2 Å². The van der Waals surface area contributed by atoms with Crippen LogP contribution in [0.3, 0.4) is 0 Å². The maximum absolute atomic E-state index is 8.49. The Morgan fingerprint density at radius 2 is 1.38 bits per heavy atom. The Morgan fingerprint density at radius 3 is 1.92 bits per heavy atom. The van der Waals surface area contributed by atoms with Gasteiger partial charge in [-0.3, -0.25) is 0 Å². The molecule has 3 rings (SSSR count). The zero-order valence-corrected chi connectivity index (χ0v) is 15.1. The second-order valence-electron chi connectivity index (χ2n) is 5.21. The molecule has 0 unspecified atom stereocenters.